The van der Waals surface area contributed by atoms with Crippen molar-refractivity contribution in [1.29, 1.82) is 0 Å². The third-order valence-corrected chi connectivity index (χ3v) is 8.07. The first-order valence-electron chi connectivity index (χ1n) is 7.28. The van der Waals surface area contributed by atoms with Crippen molar-refractivity contribution in [3.63, 3.8) is 0 Å². The van der Waals surface area contributed by atoms with Gasteiger partial charge in [0.1, 0.15) is 0 Å². The average Bonchev–Trinajstić information content (AvgIpc) is 2.27. The van der Waals surface area contributed by atoms with E-state index in [1.165, 1.54) is 6.08 Å². The van der Waals surface area contributed by atoms with E-state index in [1.54, 1.807) is 6.92 Å². The lowest BCUT2D eigenvalue weighted by Gasteiger charge is -2.38. The third kappa shape index (κ3) is 7.06. The van der Waals surface area contributed by atoms with Crippen LogP contribution >= 0.6 is 0 Å². The summed E-state index contributed by atoms with van der Waals surface area (Å²) in [6.45, 7) is 15.3. The van der Waals surface area contributed by atoms with Gasteiger partial charge in [-0.3, -0.25) is 0 Å². The zero-order valence-corrected chi connectivity index (χ0v) is 15.0. The molecule has 0 aromatic heterocycles. The Morgan fingerprint density at radius 2 is 1.90 bits per heavy atom. The van der Waals surface area contributed by atoms with Crippen LogP contribution in [0.1, 0.15) is 41.0 Å². The molecule has 4 heteroatoms. The Hall–Kier alpha value is -0.873. The highest BCUT2D eigenvalue weighted by Crippen LogP contribution is 2.37. The number of carbonyl (C=O) groups is 1. The van der Waals surface area contributed by atoms with Crippen molar-refractivity contribution in [3.05, 3.63) is 24.3 Å². The fourth-order valence-electron chi connectivity index (χ4n) is 1.42. The molecular formula is C16H30O3Si. The number of hydrogen-bond acceptors (Lipinski definition) is 3. The SMILES string of the molecule is C/C=C/[C@H](C/C=C/C(=O)OCC)O[Si](C)(C)C(C)(C)C. The molecule has 0 N–H and O–H groups in total. The Morgan fingerprint density at radius 3 is 2.35 bits per heavy atom. The van der Waals surface area contributed by atoms with E-state index < -0.39 is 8.32 Å². The number of ether oxygens (including phenoxy) is 1. The minimum Gasteiger partial charge on any atom is -0.463 e. The fourth-order valence-corrected chi connectivity index (χ4v) is 2.71. The number of allylic oxidation sites excluding steroid dienone is 1. The summed E-state index contributed by atoms with van der Waals surface area (Å²) in [7, 11) is -1.80. The lowest BCUT2D eigenvalue weighted by Crippen LogP contribution is -2.43. The van der Waals surface area contributed by atoms with E-state index in [-0.39, 0.29) is 17.1 Å². The second kappa shape index (κ2) is 8.42. The summed E-state index contributed by atoms with van der Waals surface area (Å²) in [5.41, 5.74) is 0. The first-order valence-corrected chi connectivity index (χ1v) is 10.2. The van der Waals surface area contributed by atoms with Crippen LogP contribution in [0.15, 0.2) is 24.3 Å². The van der Waals surface area contributed by atoms with Crippen molar-refractivity contribution in [1.82, 2.24) is 0 Å². The molecule has 0 amide bonds. The molecule has 0 heterocycles. The quantitative estimate of drug-likeness (QED) is 0.301. The number of carbonyl (C=O) groups excluding carboxylic acids is 1. The van der Waals surface area contributed by atoms with E-state index in [9.17, 15) is 4.79 Å². The lowest BCUT2D eigenvalue weighted by atomic mass is 10.2. The molecule has 3 nitrogen and oxygen atoms in total. The maximum Gasteiger partial charge on any atom is 0.330 e. The molecule has 0 spiro atoms. The van der Waals surface area contributed by atoms with Crippen molar-refractivity contribution < 1.29 is 14.0 Å². The molecular weight excluding hydrogens is 268 g/mol. The van der Waals surface area contributed by atoms with Crippen LogP contribution in [0, 0.1) is 0 Å². The van der Waals surface area contributed by atoms with Gasteiger partial charge in [-0.05, 0) is 38.4 Å². The van der Waals surface area contributed by atoms with Crippen molar-refractivity contribution >= 4 is 14.3 Å². The van der Waals surface area contributed by atoms with Crippen molar-refractivity contribution in [2.24, 2.45) is 0 Å². The molecule has 0 aliphatic rings. The van der Waals surface area contributed by atoms with Gasteiger partial charge in [0.05, 0.1) is 12.7 Å². The van der Waals surface area contributed by atoms with E-state index in [4.69, 9.17) is 9.16 Å². The molecule has 116 valence electrons. The van der Waals surface area contributed by atoms with E-state index in [0.29, 0.717) is 13.0 Å². The highest BCUT2D eigenvalue weighted by molar-refractivity contribution is 6.74. The highest BCUT2D eigenvalue weighted by atomic mass is 28.4. The maximum atomic E-state index is 11.3. The minimum atomic E-state index is -1.80. The van der Waals surface area contributed by atoms with Gasteiger partial charge in [0.15, 0.2) is 8.32 Å². The second-order valence-corrected chi connectivity index (χ2v) is 11.1. The van der Waals surface area contributed by atoms with Gasteiger partial charge in [-0.2, -0.15) is 0 Å². The van der Waals surface area contributed by atoms with E-state index in [2.05, 4.69) is 39.9 Å². The summed E-state index contributed by atoms with van der Waals surface area (Å²) in [6.07, 6.45) is 8.07. The first-order chi connectivity index (χ1) is 9.14. The van der Waals surface area contributed by atoms with Crippen molar-refractivity contribution in [2.75, 3.05) is 6.61 Å². The summed E-state index contributed by atoms with van der Waals surface area (Å²) < 4.78 is 11.2. The Bertz CT molecular complexity index is 351. The van der Waals surface area contributed by atoms with Crippen LogP contribution in [-0.2, 0) is 14.0 Å². The lowest BCUT2D eigenvalue weighted by molar-refractivity contribution is -0.137. The van der Waals surface area contributed by atoms with Crippen LogP contribution in [0.5, 0.6) is 0 Å². The third-order valence-electron chi connectivity index (χ3n) is 3.57. The molecule has 0 aliphatic heterocycles. The molecule has 0 aromatic carbocycles. The second-order valence-electron chi connectivity index (χ2n) is 6.33. The van der Waals surface area contributed by atoms with Crippen molar-refractivity contribution in [2.45, 2.75) is 65.3 Å². The fraction of sp³-hybridized carbons (Fsp3) is 0.688. The molecule has 0 aromatic rings. The Balaban J connectivity index is 4.64. The topological polar surface area (TPSA) is 35.5 Å². The van der Waals surface area contributed by atoms with Gasteiger partial charge in [-0.25, -0.2) is 4.79 Å². The normalized spacial score (nSPS) is 14.9. The van der Waals surface area contributed by atoms with Gasteiger partial charge in [-0.15, -0.1) is 0 Å². The van der Waals surface area contributed by atoms with Crippen LogP contribution in [-0.4, -0.2) is 27.0 Å². The molecule has 0 rings (SSSR count). The molecule has 20 heavy (non-hydrogen) atoms. The first kappa shape index (κ1) is 19.1. The summed E-state index contributed by atoms with van der Waals surface area (Å²) in [6, 6.07) is 0. The monoisotopic (exact) mass is 298 g/mol. The van der Waals surface area contributed by atoms with Gasteiger partial charge >= 0.3 is 5.97 Å². The minimum absolute atomic E-state index is 0.0200. The molecule has 0 saturated carbocycles. The van der Waals surface area contributed by atoms with Crippen LogP contribution in [0.25, 0.3) is 0 Å². The molecule has 0 fully saturated rings. The summed E-state index contributed by atoms with van der Waals surface area (Å²) in [5, 5.41) is 0.178. The van der Waals surface area contributed by atoms with Gasteiger partial charge < -0.3 is 9.16 Å². The standard InChI is InChI=1S/C16H30O3Si/c1-8-11-14(12-10-13-15(17)18-9-2)19-20(6,7)16(3,4)5/h8,10-11,13-14H,9,12H2,1-7H3/b11-8+,13-10+/t14-/m1/s1. The average molecular weight is 298 g/mol. The smallest absolute Gasteiger partial charge is 0.330 e. The highest BCUT2D eigenvalue weighted by Gasteiger charge is 2.38. The molecule has 0 aliphatic carbocycles. The van der Waals surface area contributed by atoms with Gasteiger partial charge in [-0.1, -0.05) is 39.0 Å². The Morgan fingerprint density at radius 1 is 1.30 bits per heavy atom. The van der Waals surface area contributed by atoms with E-state index >= 15 is 0 Å². The summed E-state index contributed by atoms with van der Waals surface area (Å²) >= 11 is 0. The number of rotatable bonds is 7. The number of hydrogen-bond donors (Lipinski definition) is 0. The van der Waals surface area contributed by atoms with Gasteiger partial charge in [0, 0.05) is 6.08 Å². The zero-order valence-electron chi connectivity index (χ0n) is 14.0. The van der Waals surface area contributed by atoms with Crippen LogP contribution in [0.2, 0.25) is 18.1 Å². The van der Waals surface area contributed by atoms with E-state index in [1.807, 2.05) is 19.1 Å². The van der Waals surface area contributed by atoms with Gasteiger partial charge in [0.25, 0.3) is 0 Å². The molecule has 0 bridgehead atoms. The van der Waals surface area contributed by atoms with Gasteiger partial charge in [0.2, 0.25) is 0 Å². The van der Waals surface area contributed by atoms with Crippen molar-refractivity contribution in [3.8, 4) is 0 Å². The predicted octanol–water partition coefficient (Wildman–Crippen LogP) is 4.46. The maximum absolute atomic E-state index is 11.3. The zero-order chi connectivity index (χ0) is 15.8. The van der Waals surface area contributed by atoms with Crippen LogP contribution < -0.4 is 0 Å². The molecule has 0 unspecified atom stereocenters. The Labute approximate surface area is 125 Å². The molecule has 0 saturated heterocycles. The summed E-state index contributed by atoms with van der Waals surface area (Å²) in [5.74, 6) is -0.293. The predicted molar refractivity (Wildman–Crippen MR) is 87.3 cm³/mol. The Kier molecular flexibility index (Phi) is 8.05. The molecule has 1 atom stereocenters. The number of esters is 1. The molecule has 0 radical (unpaired) electrons. The summed E-state index contributed by atoms with van der Waals surface area (Å²) in [4.78, 5) is 11.3. The largest absolute Gasteiger partial charge is 0.463 e. The van der Waals surface area contributed by atoms with E-state index in [0.717, 1.165) is 0 Å². The van der Waals surface area contributed by atoms with Crippen LogP contribution in [0.4, 0.5) is 0 Å². The van der Waals surface area contributed by atoms with Crippen LogP contribution in [0.3, 0.4) is 0 Å².